The molecule has 0 spiro atoms. The highest BCUT2D eigenvalue weighted by molar-refractivity contribution is 5.92. The van der Waals surface area contributed by atoms with Crippen molar-refractivity contribution >= 4 is 17.9 Å². The van der Waals surface area contributed by atoms with Crippen molar-refractivity contribution in [2.45, 2.75) is 104 Å². The van der Waals surface area contributed by atoms with Gasteiger partial charge in [-0.1, -0.05) is 51.7 Å². The van der Waals surface area contributed by atoms with Crippen LogP contribution in [0.3, 0.4) is 0 Å². The summed E-state index contributed by atoms with van der Waals surface area (Å²) in [6, 6.07) is 5.47. The predicted octanol–water partition coefficient (Wildman–Crippen LogP) is 4.95. The van der Waals surface area contributed by atoms with Crippen LogP contribution < -0.4 is 10.6 Å². The Morgan fingerprint density at radius 3 is 2.25 bits per heavy atom. The number of carbonyl (C=O) groups is 3. The molecule has 7 heteroatoms. The summed E-state index contributed by atoms with van der Waals surface area (Å²) < 4.78 is 5.42. The maximum absolute atomic E-state index is 14.1. The molecule has 7 nitrogen and oxygen atoms in total. The van der Waals surface area contributed by atoms with E-state index in [1.807, 2.05) is 26.0 Å². The SMILES string of the molecule is C#Cc1ccc(C(C(=O)NCCCCC)N(C(=O)C(NC(=O)OC(C)(C)C)C(C)C)C2CCC2)cc1. The standard InChI is InChI=1S/C29H43N3O4/c1-8-10-11-19-30-26(33)25(22-17-15-21(9-2)16-18-22)32(23-13-12-14-23)27(34)24(20(3)4)31-28(35)36-29(5,6)7/h2,15-18,20,23-25H,8,10-14,19H2,1,3-7H3,(H,30,33)(H,31,35). The van der Waals surface area contributed by atoms with E-state index in [2.05, 4.69) is 23.5 Å². The highest BCUT2D eigenvalue weighted by Gasteiger charge is 2.42. The van der Waals surface area contributed by atoms with Gasteiger partial charge in [0.05, 0.1) is 0 Å². The average Bonchev–Trinajstić information content (AvgIpc) is 2.77. The molecule has 1 fully saturated rings. The molecule has 2 atom stereocenters. The monoisotopic (exact) mass is 497 g/mol. The number of terminal acetylenes is 1. The molecule has 0 bridgehead atoms. The Balaban J connectivity index is 2.42. The molecule has 2 N–H and O–H groups in total. The molecule has 1 aliphatic rings. The lowest BCUT2D eigenvalue weighted by molar-refractivity contribution is -0.148. The summed E-state index contributed by atoms with van der Waals surface area (Å²) in [4.78, 5) is 42.0. The zero-order valence-electron chi connectivity index (χ0n) is 22.7. The van der Waals surface area contributed by atoms with Crippen LogP contribution in [0.15, 0.2) is 24.3 Å². The Morgan fingerprint density at radius 2 is 1.78 bits per heavy atom. The Labute approximate surface area is 216 Å². The first-order valence-electron chi connectivity index (χ1n) is 13.1. The topological polar surface area (TPSA) is 87.7 Å². The highest BCUT2D eigenvalue weighted by Crippen LogP contribution is 2.34. The van der Waals surface area contributed by atoms with Crippen LogP contribution in [0.4, 0.5) is 4.79 Å². The number of alkyl carbamates (subject to hydrolysis) is 1. The average molecular weight is 498 g/mol. The zero-order valence-corrected chi connectivity index (χ0v) is 22.7. The minimum Gasteiger partial charge on any atom is -0.444 e. The minimum atomic E-state index is -0.833. The van der Waals surface area contributed by atoms with E-state index in [1.54, 1.807) is 37.8 Å². The van der Waals surface area contributed by atoms with Gasteiger partial charge in [0.15, 0.2) is 0 Å². The van der Waals surface area contributed by atoms with E-state index in [0.717, 1.165) is 38.5 Å². The molecule has 0 saturated heterocycles. The second-order valence-electron chi connectivity index (χ2n) is 10.9. The van der Waals surface area contributed by atoms with Crippen LogP contribution in [0.1, 0.15) is 97.2 Å². The molecule has 1 aliphatic carbocycles. The first-order valence-corrected chi connectivity index (χ1v) is 13.1. The quantitative estimate of drug-likeness (QED) is 0.335. The molecule has 1 saturated carbocycles. The number of benzene rings is 1. The van der Waals surface area contributed by atoms with Crippen LogP contribution in [0.5, 0.6) is 0 Å². The molecule has 0 radical (unpaired) electrons. The van der Waals surface area contributed by atoms with Gasteiger partial charge in [0.2, 0.25) is 11.8 Å². The van der Waals surface area contributed by atoms with Gasteiger partial charge >= 0.3 is 6.09 Å². The van der Waals surface area contributed by atoms with Crippen molar-refractivity contribution in [3.8, 4) is 12.3 Å². The lowest BCUT2D eigenvalue weighted by Crippen LogP contribution is -2.58. The van der Waals surface area contributed by atoms with Crippen molar-refractivity contribution in [3.05, 3.63) is 35.4 Å². The third kappa shape index (κ3) is 8.29. The van der Waals surface area contributed by atoms with Gasteiger partial charge in [-0.2, -0.15) is 0 Å². The van der Waals surface area contributed by atoms with Gasteiger partial charge in [0.1, 0.15) is 17.7 Å². The molecular weight excluding hydrogens is 454 g/mol. The largest absolute Gasteiger partial charge is 0.444 e. The summed E-state index contributed by atoms with van der Waals surface area (Å²) in [6.07, 6.45) is 10.4. The van der Waals surface area contributed by atoms with Crippen LogP contribution in [0.2, 0.25) is 0 Å². The Morgan fingerprint density at radius 1 is 1.14 bits per heavy atom. The highest BCUT2D eigenvalue weighted by atomic mass is 16.6. The van der Waals surface area contributed by atoms with Crippen molar-refractivity contribution in [2.75, 3.05) is 6.54 Å². The number of nitrogens with one attached hydrogen (secondary N) is 2. The fraction of sp³-hybridized carbons (Fsp3) is 0.621. The maximum Gasteiger partial charge on any atom is 0.408 e. The van der Waals surface area contributed by atoms with Crippen molar-refractivity contribution in [1.29, 1.82) is 0 Å². The van der Waals surface area contributed by atoms with Gasteiger partial charge in [-0.05, 0) is 70.1 Å². The summed E-state index contributed by atoms with van der Waals surface area (Å²) in [6.45, 7) is 11.7. The van der Waals surface area contributed by atoms with E-state index < -0.39 is 23.8 Å². The van der Waals surface area contributed by atoms with Gasteiger partial charge in [-0.15, -0.1) is 6.42 Å². The van der Waals surface area contributed by atoms with E-state index in [0.29, 0.717) is 17.7 Å². The van der Waals surface area contributed by atoms with Crippen LogP contribution >= 0.6 is 0 Å². The maximum atomic E-state index is 14.1. The molecule has 198 valence electrons. The normalized spacial score (nSPS) is 15.3. The molecule has 0 heterocycles. The number of ether oxygens (including phenoxy) is 1. The van der Waals surface area contributed by atoms with E-state index in [1.165, 1.54) is 0 Å². The number of hydrogen-bond donors (Lipinski definition) is 2. The lowest BCUT2D eigenvalue weighted by Gasteiger charge is -2.44. The fourth-order valence-corrected chi connectivity index (χ4v) is 4.17. The summed E-state index contributed by atoms with van der Waals surface area (Å²) in [5.74, 6) is 1.89. The van der Waals surface area contributed by atoms with Crippen LogP contribution in [-0.2, 0) is 14.3 Å². The summed E-state index contributed by atoms with van der Waals surface area (Å²) in [5, 5.41) is 5.81. The molecule has 1 aromatic carbocycles. The molecule has 2 unspecified atom stereocenters. The van der Waals surface area contributed by atoms with Crippen LogP contribution in [-0.4, -0.2) is 47.0 Å². The number of nitrogens with zero attached hydrogens (tertiary/aromatic N) is 1. The van der Waals surface area contributed by atoms with Crippen molar-refractivity contribution in [1.82, 2.24) is 15.5 Å². The second kappa shape index (κ2) is 13.3. The summed E-state index contributed by atoms with van der Waals surface area (Å²) in [5.41, 5.74) is 0.707. The number of unbranched alkanes of at least 4 members (excludes halogenated alkanes) is 2. The smallest absolute Gasteiger partial charge is 0.408 e. The minimum absolute atomic E-state index is 0.0853. The van der Waals surface area contributed by atoms with Crippen molar-refractivity contribution < 1.29 is 19.1 Å². The van der Waals surface area contributed by atoms with E-state index in [9.17, 15) is 14.4 Å². The van der Waals surface area contributed by atoms with Gasteiger partial charge < -0.3 is 20.3 Å². The molecule has 0 aromatic heterocycles. The Bertz CT molecular complexity index is 923. The molecule has 3 amide bonds. The number of hydrogen-bond acceptors (Lipinski definition) is 4. The van der Waals surface area contributed by atoms with Gasteiger partial charge in [-0.3, -0.25) is 9.59 Å². The summed E-state index contributed by atoms with van der Waals surface area (Å²) >= 11 is 0. The van der Waals surface area contributed by atoms with Gasteiger partial charge in [-0.25, -0.2) is 4.79 Å². The number of carbonyl (C=O) groups excluding carboxylic acids is 3. The second-order valence-corrected chi connectivity index (χ2v) is 10.9. The molecular formula is C29H43N3O4. The van der Waals surface area contributed by atoms with E-state index in [4.69, 9.17) is 11.2 Å². The molecule has 0 aliphatic heterocycles. The number of rotatable bonds is 11. The lowest BCUT2D eigenvalue weighted by atomic mass is 9.87. The van der Waals surface area contributed by atoms with E-state index in [-0.39, 0.29) is 23.8 Å². The zero-order chi connectivity index (χ0) is 26.9. The van der Waals surface area contributed by atoms with Gasteiger partial charge in [0.25, 0.3) is 0 Å². The molecule has 2 rings (SSSR count). The van der Waals surface area contributed by atoms with Crippen LogP contribution in [0.25, 0.3) is 0 Å². The third-order valence-corrected chi connectivity index (χ3v) is 6.33. The fourth-order valence-electron chi connectivity index (χ4n) is 4.17. The molecule has 1 aromatic rings. The first kappa shape index (κ1) is 29.2. The van der Waals surface area contributed by atoms with Crippen molar-refractivity contribution in [2.24, 2.45) is 5.92 Å². The van der Waals surface area contributed by atoms with Crippen molar-refractivity contribution in [3.63, 3.8) is 0 Å². The van der Waals surface area contributed by atoms with Gasteiger partial charge in [0, 0.05) is 18.2 Å². The predicted molar refractivity (Wildman–Crippen MR) is 142 cm³/mol. The molecule has 36 heavy (non-hydrogen) atoms. The Hall–Kier alpha value is -3.01. The van der Waals surface area contributed by atoms with Crippen LogP contribution in [0, 0.1) is 18.3 Å². The summed E-state index contributed by atoms with van der Waals surface area (Å²) in [7, 11) is 0. The third-order valence-electron chi connectivity index (χ3n) is 6.33. The number of amides is 3. The first-order chi connectivity index (χ1) is 17.0. The Kier molecular flexibility index (Phi) is 10.8. The van der Waals surface area contributed by atoms with E-state index >= 15 is 0 Å².